The van der Waals surface area contributed by atoms with Crippen LogP contribution in [0.3, 0.4) is 0 Å². The summed E-state index contributed by atoms with van der Waals surface area (Å²) in [5.74, 6) is -1.51. The number of cyclic esters (lactones) is 1. The van der Waals surface area contributed by atoms with Gasteiger partial charge in [0.25, 0.3) is 5.91 Å². The molecule has 1 atom stereocenters. The number of amides is 1. The van der Waals surface area contributed by atoms with Crippen LogP contribution in [0.5, 0.6) is 0 Å². The van der Waals surface area contributed by atoms with E-state index in [1.54, 1.807) is 36.4 Å². The molecule has 0 bridgehead atoms. The molecule has 0 fully saturated rings. The predicted molar refractivity (Wildman–Crippen MR) is 120 cm³/mol. The molecule has 0 aromatic heterocycles. The number of nitrogens with one attached hydrogen (secondary N) is 1. The number of fused-ring (bicyclic) bond motifs is 1. The zero-order valence-electron chi connectivity index (χ0n) is 16.9. The molecule has 0 spiro atoms. The first-order valence-electron chi connectivity index (χ1n) is 9.64. The number of anilines is 1. The number of halogens is 2. The Hall–Kier alpha value is -3.35. The van der Waals surface area contributed by atoms with Gasteiger partial charge in [0.15, 0.2) is 0 Å². The van der Waals surface area contributed by atoms with Gasteiger partial charge in [0.2, 0.25) is 0 Å². The Morgan fingerprint density at radius 1 is 1.00 bits per heavy atom. The van der Waals surface area contributed by atoms with Crippen LogP contribution in [0.2, 0.25) is 10.0 Å². The molecule has 4 rings (SSSR count). The normalized spacial score (nSPS) is 14.8. The largest absolute Gasteiger partial charge is 0.465 e. The molecule has 0 aliphatic carbocycles. The highest BCUT2D eigenvalue weighted by Crippen LogP contribution is 2.32. The van der Waals surface area contributed by atoms with E-state index in [9.17, 15) is 14.4 Å². The Balaban J connectivity index is 1.61. The third-order valence-electron chi connectivity index (χ3n) is 5.12. The number of ether oxygens (including phenoxy) is 2. The summed E-state index contributed by atoms with van der Waals surface area (Å²) < 4.78 is 10.3. The van der Waals surface area contributed by atoms with Crippen molar-refractivity contribution >= 4 is 46.7 Å². The van der Waals surface area contributed by atoms with Gasteiger partial charge in [-0.1, -0.05) is 35.3 Å². The van der Waals surface area contributed by atoms with Crippen molar-refractivity contribution in [3.63, 3.8) is 0 Å². The molecule has 162 valence electrons. The number of benzene rings is 3. The number of hydrogen-bond acceptors (Lipinski definition) is 5. The second kappa shape index (κ2) is 9.02. The number of esters is 2. The molecule has 3 aromatic rings. The summed E-state index contributed by atoms with van der Waals surface area (Å²) in [6, 6.07) is 16.3. The zero-order chi connectivity index (χ0) is 22.8. The number of methoxy groups -OCH3 is 1. The van der Waals surface area contributed by atoms with Gasteiger partial charge in [0.05, 0.1) is 23.9 Å². The fourth-order valence-electron chi connectivity index (χ4n) is 3.50. The average molecular weight is 470 g/mol. The Kier molecular flexibility index (Phi) is 6.17. The summed E-state index contributed by atoms with van der Waals surface area (Å²) in [5, 5.41) is 3.63. The monoisotopic (exact) mass is 469 g/mol. The second-order valence-electron chi connectivity index (χ2n) is 7.16. The maximum Gasteiger partial charge on any atom is 0.339 e. The van der Waals surface area contributed by atoms with Gasteiger partial charge in [0, 0.05) is 22.0 Å². The quantitative estimate of drug-likeness (QED) is 0.511. The molecule has 1 amide bonds. The summed E-state index contributed by atoms with van der Waals surface area (Å²) in [6.07, 6.45) is -0.0709. The number of hydrogen-bond donors (Lipinski definition) is 1. The minimum atomic E-state index is -0.601. The van der Waals surface area contributed by atoms with Crippen LogP contribution in [0.1, 0.15) is 48.3 Å². The van der Waals surface area contributed by atoms with Crippen molar-refractivity contribution in [2.24, 2.45) is 0 Å². The average Bonchev–Trinajstić information content (AvgIpc) is 2.78. The summed E-state index contributed by atoms with van der Waals surface area (Å²) in [5.41, 5.74) is 2.63. The highest BCUT2D eigenvalue weighted by atomic mass is 35.5. The van der Waals surface area contributed by atoms with Crippen LogP contribution < -0.4 is 5.32 Å². The maximum absolute atomic E-state index is 12.9. The van der Waals surface area contributed by atoms with Crippen molar-refractivity contribution in [1.29, 1.82) is 0 Å². The van der Waals surface area contributed by atoms with Crippen LogP contribution in [0.4, 0.5) is 5.69 Å². The van der Waals surface area contributed by atoms with Gasteiger partial charge in [-0.25, -0.2) is 9.59 Å². The van der Waals surface area contributed by atoms with E-state index in [0.29, 0.717) is 33.2 Å². The van der Waals surface area contributed by atoms with Crippen LogP contribution in [0.15, 0.2) is 60.7 Å². The Morgan fingerprint density at radius 2 is 1.72 bits per heavy atom. The zero-order valence-corrected chi connectivity index (χ0v) is 18.4. The van der Waals surface area contributed by atoms with Gasteiger partial charge in [-0.05, 0) is 59.7 Å². The fourth-order valence-corrected chi connectivity index (χ4v) is 3.80. The fraction of sp³-hybridized carbons (Fsp3) is 0.125. The molecule has 8 heteroatoms. The number of carbonyl (C=O) groups excluding carboxylic acids is 3. The lowest BCUT2D eigenvalue weighted by atomic mass is 9.93. The lowest BCUT2D eigenvalue weighted by Crippen LogP contribution is -2.23. The summed E-state index contributed by atoms with van der Waals surface area (Å²) in [6.45, 7) is 0. The number of carbonyl (C=O) groups is 3. The summed E-state index contributed by atoms with van der Waals surface area (Å²) >= 11 is 12.0. The van der Waals surface area contributed by atoms with E-state index >= 15 is 0 Å². The third-order valence-corrected chi connectivity index (χ3v) is 5.61. The van der Waals surface area contributed by atoms with Crippen molar-refractivity contribution in [2.75, 3.05) is 12.4 Å². The first-order chi connectivity index (χ1) is 15.4. The van der Waals surface area contributed by atoms with Crippen LogP contribution in [0.25, 0.3) is 0 Å². The summed E-state index contributed by atoms with van der Waals surface area (Å²) in [7, 11) is 1.25. The molecule has 1 heterocycles. The first kappa shape index (κ1) is 21.9. The molecule has 6 nitrogen and oxygen atoms in total. The van der Waals surface area contributed by atoms with E-state index in [1.165, 1.54) is 31.4 Å². The van der Waals surface area contributed by atoms with Crippen molar-refractivity contribution in [3.8, 4) is 0 Å². The third kappa shape index (κ3) is 4.47. The lowest BCUT2D eigenvalue weighted by Gasteiger charge is -2.25. The molecule has 0 saturated carbocycles. The molecule has 1 aliphatic heterocycles. The standard InChI is InChI=1S/C24H17Cl2NO5/c1-31-23(29)19-9-7-17(26)12-20(19)27-22(28)14-4-8-18-15(10-14)11-21(32-24(18)30)13-2-5-16(25)6-3-13/h2-10,12,21H,11H2,1H3,(H,27,28). The molecule has 1 N–H and O–H groups in total. The molecular formula is C24H17Cl2NO5. The molecular weight excluding hydrogens is 453 g/mol. The number of rotatable bonds is 4. The highest BCUT2D eigenvalue weighted by molar-refractivity contribution is 6.31. The SMILES string of the molecule is COC(=O)c1ccc(Cl)cc1NC(=O)c1ccc2c(c1)CC(c1ccc(Cl)cc1)OC2=O. The highest BCUT2D eigenvalue weighted by Gasteiger charge is 2.28. The maximum atomic E-state index is 12.9. The van der Waals surface area contributed by atoms with E-state index in [2.05, 4.69) is 5.32 Å². The Bertz CT molecular complexity index is 1220. The van der Waals surface area contributed by atoms with Crippen LogP contribution in [-0.4, -0.2) is 25.0 Å². The predicted octanol–water partition coefficient (Wildman–Crippen LogP) is 5.49. The van der Waals surface area contributed by atoms with Crippen LogP contribution in [-0.2, 0) is 15.9 Å². The van der Waals surface area contributed by atoms with Crippen molar-refractivity contribution < 1.29 is 23.9 Å². The lowest BCUT2D eigenvalue weighted by molar-refractivity contribution is 0.0252. The van der Waals surface area contributed by atoms with Crippen LogP contribution in [0, 0.1) is 0 Å². The minimum absolute atomic E-state index is 0.176. The van der Waals surface area contributed by atoms with Gasteiger partial charge in [0.1, 0.15) is 6.10 Å². The van der Waals surface area contributed by atoms with Crippen LogP contribution >= 0.6 is 23.2 Å². The topological polar surface area (TPSA) is 81.7 Å². The van der Waals surface area contributed by atoms with Gasteiger partial charge in [-0.2, -0.15) is 0 Å². The van der Waals surface area contributed by atoms with Gasteiger partial charge < -0.3 is 14.8 Å². The molecule has 1 unspecified atom stereocenters. The van der Waals surface area contributed by atoms with Gasteiger partial charge in [-0.15, -0.1) is 0 Å². The van der Waals surface area contributed by atoms with Crippen molar-refractivity contribution in [2.45, 2.75) is 12.5 Å². The molecule has 32 heavy (non-hydrogen) atoms. The Labute approximate surface area is 194 Å². The molecule has 0 radical (unpaired) electrons. The van der Waals surface area contributed by atoms with Gasteiger partial charge >= 0.3 is 11.9 Å². The smallest absolute Gasteiger partial charge is 0.339 e. The molecule has 3 aromatic carbocycles. The minimum Gasteiger partial charge on any atom is -0.465 e. The van der Waals surface area contributed by atoms with E-state index < -0.39 is 23.9 Å². The molecule has 0 saturated heterocycles. The van der Waals surface area contributed by atoms with E-state index in [0.717, 1.165) is 5.56 Å². The van der Waals surface area contributed by atoms with E-state index in [1.807, 2.05) is 0 Å². The van der Waals surface area contributed by atoms with Crippen molar-refractivity contribution in [1.82, 2.24) is 0 Å². The molecule has 1 aliphatic rings. The van der Waals surface area contributed by atoms with Gasteiger partial charge in [-0.3, -0.25) is 4.79 Å². The first-order valence-corrected chi connectivity index (χ1v) is 10.4. The second-order valence-corrected chi connectivity index (χ2v) is 8.03. The van der Waals surface area contributed by atoms with Crippen molar-refractivity contribution in [3.05, 3.63) is 98.5 Å². The van der Waals surface area contributed by atoms with E-state index in [-0.39, 0.29) is 11.3 Å². The summed E-state index contributed by atoms with van der Waals surface area (Å²) in [4.78, 5) is 37.4. The Morgan fingerprint density at radius 3 is 2.44 bits per heavy atom. The van der Waals surface area contributed by atoms with E-state index in [4.69, 9.17) is 32.7 Å².